The predicted molar refractivity (Wildman–Crippen MR) is 420 cm³/mol. The van der Waals surface area contributed by atoms with Crippen molar-refractivity contribution < 1.29 is 89.4 Å². The van der Waals surface area contributed by atoms with Gasteiger partial charge in [0.1, 0.15) is 73.2 Å². The Morgan fingerprint density at radius 1 is 0.352 bits per heavy atom. The fourth-order valence-electron chi connectivity index (χ4n) is 13.7. The van der Waals surface area contributed by atoms with E-state index in [0.29, 0.717) is 12.8 Å². The third-order valence-electron chi connectivity index (χ3n) is 20.3. The second kappa shape index (κ2) is 65.4. The number of nitrogens with one attached hydrogen (secondary N) is 1. The first-order valence-corrected chi connectivity index (χ1v) is 42.0. The monoisotopic (exact) mass is 1490 g/mol. The second-order valence-electron chi connectivity index (χ2n) is 29.5. The maximum atomic E-state index is 13.5. The molecule has 19 heteroatoms. The number of aliphatic hydroxyl groups is 11. The Morgan fingerprint density at radius 3 is 1.07 bits per heavy atom. The highest BCUT2D eigenvalue weighted by Gasteiger charge is 2.54. The molecule has 0 saturated carbocycles. The molecule has 3 fully saturated rings. The van der Waals surface area contributed by atoms with Crippen LogP contribution >= 0.6 is 0 Å². The van der Waals surface area contributed by atoms with Gasteiger partial charge in [-0.2, -0.15) is 0 Å². The third kappa shape index (κ3) is 45.0. The lowest BCUT2D eigenvalue weighted by atomic mass is 9.96. The number of amides is 1. The normalized spacial score (nSPS) is 26.3. The zero-order chi connectivity index (χ0) is 76.0. The van der Waals surface area contributed by atoms with Gasteiger partial charge in [0.15, 0.2) is 18.9 Å². The highest BCUT2D eigenvalue weighted by atomic mass is 16.8. The van der Waals surface area contributed by atoms with E-state index in [-0.39, 0.29) is 18.9 Å². The minimum atomic E-state index is -1.99. The predicted octanol–water partition coefficient (Wildman–Crippen LogP) is 14.7. The molecule has 3 aliphatic rings. The number of unbranched alkanes of at least 4 members (excludes halogenated alkanes) is 36. The van der Waals surface area contributed by atoms with Gasteiger partial charge < -0.3 is 89.9 Å². The summed E-state index contributed by atoms with van der Waals surface area (Å²) in [6, 6.07) is -1.00. The molecular weight excluding hydrogens is 1330 g/mol. The van der Waals surface area contributed by atoms with Crippen molar-refractivity contribution in [3.63, 3.8) is 0 Å². The lowest BCUT2D eigenvalue weighted by molar-refractivity contribution is -0.379. The first kappa shape index (κ1) is 95.9. The van der Waals surface area contributed by atoms with Crippen LogP contribution in [0.4, 0.5) is 0 Å². The summed E-state index contributed by atoms with van der Waals surface area (Å²) in [4.78, 5) is 13.5. The van der Waals surface area contributed by atoms with Crippen molar-refractivity contribution in [2.45, 2.75) is 413 Å². The molecule has 3 heterocycles. The lowest BCUT2D eigenvalue weighted by Gasteiger charge is -2.48. The Bertz CT molecular complexity index is 2270. The molecule has 0 spiro atoms. The van der Waals surface area contributed by atoms with Crippen molar-refractivity contribution in [3.8, 4) is 0 Å². The van der Waals surface area contributed by atoms with Crippen LogP contribution in [0, 0.1) is 0 Å². The van der Waals surface area contributed by atoms with Crippen molar-refractivity contribution in [1.29, 1.82) is 0 Å². The minimum absolute atomic E-state index is 0.231. The van der Waals surface area contributed by atoms with Crippen LogP contribution in [0.15, 0.2) is 97.2 Å². The van der Waals surface area contributed by atoms with Crippen molar-refractivity contribution >= 4 is 5.91 Å². The number of carbonyl (C=O) groups is 1. The molecule has 0 aromatic carbocycles. The Morgan fingerprint density at radius 2 is 0.667 bits per heavy atom. The van der Waals surface area contributed by atoms with Gasteiger partial charge in [0.2, 0.25) is 5.91 Å². The van der Waals surface area contributed by atoms with Crippen LogP contribution in [0.3, 0.4) is 0 Å². The maximum absolute atomic E-state index is 13.5. The number of carbonyl (C=O) groups excluding carboxylic acids is 1. The van der Waals surface area contributed by atoms with E-state index in [2.05, 4.69) is 104 Å². The van der Waals surface area contributed by atoms with E-state index >= 15 is 0 Å². The smallest absolute Gasteiger partial charge is 0.220 e. The van der Waals surface area contributed by atoms with Gasteiger partial charge in [0.25, 0.3) is 0 Å². The minimum Gasteiger partial charge on any atom is -0.394 e. The summed E-state index contributed by atoms with van der Waals surface area (Å²) in [5.74, 6) is -0.287. The number of aliphatic hydroxyl groups excluding tert-OH is 11. The Labute approximate surface area is 634 Å². The Kier molecular flexibility index (Phi) is 59.8. The summed E-state index contributed by atoms with van der Waals surface area (Å²) in [6.07, 6.45) is 62.6. The molecule has 608 valence electrons. The Balaban J connectivity index is 1.34. The number of allylic oxidation sites excluding steroid dienone is 15. The Hall–Kier alpha value is -3.29. The van der Waals surface area contributed by atoms with E-state index < -0.39 is 124 Å². The number of ether oxygens (including phenoxy) is 6. The molecule has 17 atom stereocenters. The molecule has 3 saturated heterocycles. The molecule has 0 aromatic rings. The van der Waals surface area contributed by atoms with Gasteiger partial charge in [-0.25, -0.2) is 0 Å². The van der Waals surface area contributed by atoms with E-state index in [0.717, 1.165) is 77.0 Å². The summed E-state index contributed by atoms with van der Waals surface area (Å²) in [5.41, 5.74) is 0. The summed E-state index contributed by atoms with van der Waals surface area (Å²) in [5, 5.41) is 121. The van der Waals surface area contributed by atoms with Gasteiger partial charge in [-0.3, -0.25) is 4.79 Å². The van der Waals surface area contributed by atoms with E-state index in [4.69, 9.17) is 28.4 Å². The largest absolute Gasteiger partial charge is 0.394 e. The van der Waals surface area contributed by atoms with E-state index in [1.807, 2.05) is 6.08 Å². The van der Waals surface area contributed by atoms with Gasteiger partial charge in [-0.05, 0) is 89.9 Å². The number of rotatable bonds is 66. The quantitative estimate of drug-likeness (QED) is 0.0199. The molecule has 105 heavy (non-hydrogen) atoms. The first-order chi connectivity index (χ1) is 51.3. The molecule has 0 aromatic heterocycles. The molecule has 0 bridgehead atoms. The molecule has 1 amide bonds. The molecule has 19 nitrogen and oxygen atoms in total. The SMILES string of the molecule is CC/C=C\C/C=C\C/C=C\C/C=C\C/C=C\CCCCCCCCCCCCCCCCCCCCCCCC(=O)NC(COC1OC(CO)C(OC2OC(CO)C(OC3OC(CO)C(O)C(O)C3O)C(O)C2O)C(O)C1O)C(O)/C=C/CC/C=C/CC/C=C/CCCCCCCCCCCCCCC. The molecule has 0 radical (unpaired) electrons. The van der Waals surface area contributed by atoms with Crippen molar-refractivity contribution in [2.24, 2.45) is 0 Å². The topological polar surface area (TPSA) is 307 Å². The fourth-order valence-corrected chi connectivity index (χ4v) is 13.7. The van der Waals surface area contributed by atoms with Gasteiger partial charge in [-0.15, -0.1) is 0 Å². The number of hydrogen-bond donors (Lipinski definition) is 12. The maximum Gasteiger partial charge on any atom is 0.220 e. The van der Waals surface area contributed by atoms with Gasteiger partial charge >= 0.3 is 0 Å². The summed E-state index contributed by atoms with van der Waals surface area (Å²) >= 11 is 0. The average Bonchev–Trinajstić information content (AvgIpc) is 0.779. The zero-order valence-corrected chi connectivity index (χ0v) is 65.2. The molecule has 0 aliphatic carbocycles. The van der Waals surface area contributed by atoms with Gasteiger partial charge in [0.05, 0.1) is 38.6 Å². The molecule has 17 unspecified atom stereocenters. The van der Waals surface area contributed by atoms with E-state index in [1.54, 1.807) is 6.08 Å². The summed E-state index contributed by atoms with van der Waals surface area (Å²) < 4.78 is 34.4. The van der Waals surface area contributed by atoms with Crippen molar-refractivity contribution in [3.05, 3.63) is 97.2 Å². The molecule has 3 aliphatic heterocycles. The summed E-state index contributed by atoms with van der Waals surface area (Å²) in [6.45, 7) is 1.62. The third-order valence-corrected chi connectivity index (χ3v) is 20.3. The molecule has 12 N–H and O–H groups in total. The molecule has 3 rings (SSSR count). The standard InChI is InChI=1S/C86H151NO18/c1-3-5-7-9-11-13-15-17-19-21-23-25-27-28-29-30-31-32-33-34-35-36-37-38-39-40-42-44-46-48-50-52-54-56-58-60-62-64-74(92)87-69(70(91)63-61-59-57-55-53-51-49-47-45-43-41-26-24-22-20-18-16-14-12-10-8-6-4-2)68-100-84-80(98)77(95)82(72(66-89)102-84)105-86-81(99)78(96)83(73(67-90)103-86)104-85-79(97)76(94)75(93)71(65-88)101-85/h5,7,11,13,17,19,23,25,28-29,45,47,53,55,61,63,69-73,75-86,88-91,93-99H,3-4,6,8-10,12,14-16,18,20-22,24,26-27,30-44,46,48-52,54,56-60,62,64-68H2,1-2H3,(H,87,92)/b7-5-,13-11-,19-17-,25-23-,29-28-,47-45+,55-53+,63-61+. The van der Waals surface area contributed by atoms with Crippen molar-refractivity contribution in [1.82, 2.24) is 5.32 Å². The second-order valence-corrected chi connectivity index (χ2v) is 29.5. The number of hydrogen-bond acceptors (Lipinski definition) is 18. The van der Waals surface area contributed by atoms with Crippen LogP contribution in [-0.2, 0) is 33.2 Å². The van der Waals surface area contributed by atoms with E-state index in [9.17, 15) is 61.0 Å². The summed E-state index contributed by atoms with van der Waals surface area (Å²) in [7, 11) is 0. The van der Waals surface area contributed by atoms with Crippen molar-refractivity contribution in [2.75, 3.05) is 26.4 Å². The van der Waals surface area contributed by atoms with Gasteiger partial charge in [0, 0.05) is 6.42 Å². The van der Waals surface area contributed by atoms with Gasteiger partial charge in [-0.1, -0.05) is 310 Å². The highest BCUT2D eigenvalue weighted by molar-refractivity contribution is 5.76. The molecular formula is C86H151NO18. The lowest BCUT2D eigenvalue weighted by Crippen LogP contribution is -2.66. The highest BCUT2D eigenvalue weighted by Crippen LogP contribution is 2.33. The van der Waals surface area contributed by atoms with Crippen LogP contribution in [-0.4, -0.2) is 193 Å². The fraction of sp³-hybridized carbons (Fsp3) is 0.802. The first-order valence-electron chi connectivity index (χ1n) is 42.0. The van der Waals surface area contributed by atoms with Crippen LogP contribution in [0.5, 0.6) is 0 Å². The van der Waals surface area contributed by atoms with Crippen LogP contribution in [0.25, 0.3) is 0 Å². The van der Waals surface area contributed by atoms with E-state index in [1.165, 1.54) is 199 Å². The average molecular weight is 1490 g/mol. The van der Waals surface area contributed by atoms with Crippen LogP contribution in [0.2, 0.25) is 0 Å². The van der Waals surface area contributed by atoms with Crippen LogP contribution < -0.4 is 5.32 Å². The van der Waals surface area contributed by atoms with Crippen LogP contribution in [0.1, 0.15) is 309 Å². The zero-order valence-electron chi connectivity index (χ0n) is 65.2.